The number of hydrogen-bond donors (Lipinski definition) is 0. The van der Waals surface area contributed by atoms with Crippen molar-refractivity contribution in [2.75, 3.05) is 31.1 Å². The molecule has 120 valence electrons. The lowest BCUT2D eigenvalue weighted by Gasteiger charge is -2.36. The zero-order valence-corrected chi connectivity index (χ0v) is 14.7. The molecule has 0 N–H and O–H groups in total. The summed E-state index contributed by atoms with van der Waals surface area (Å²) >= 11 is 3.60. The molecule has 1 fully saturated rings. The number of rotatable bonds is 4. The second-order valence-corrected chi connectivity index (χ2v) is 6.66. The molecule has 4 heteroatoms. The summed E-state index contributed by atoms with van der Waals surface area (Å²) in [5.41, 5.74) is 2.44. The van der Waals surface area contributed by atoms with Crippen LogP contribution in [-0.4, -0.2) is 37.0 Å². The molecule has 0 bridgehead atoms. The van der Waals surface area contributed by atoms with Crippen LogP contribution >= 0.6 is 15.9 Å². The van der Waals surface area contributed by atoms with Gasteiger partial charge in [0, 0.05) is 37.1 Å². The van der Waals surface area contributed by atoms with Crippen LogP contribution < -0.4 is 4.90 Å². The topological polar surface area (TPSA) is 23.6 Å². The number of aryl methyl sites for hydroxylation is 1. The quantitative estimate of drug-likeness (QED) is 0.816. The van der Waals surface area contributed by atoms with E-state index in [1.54, 1.807) is 0 Å². The largest absolute Gasteiger partial charge is 0.367 e. The Morgan fingerprint density at radius 1 is 0.913 bits per heavy atom. The van der Waals surface area contributed by atoms with Crippen molar-refractivity contribution in [3.05, 3.63) is 64.6 Å². The number of benzene rings is 2. The highest BCUT2D eigenvalue weighted by Crippen LogP contribution is 2.26. The molecule has 0 radical (unpaired) electrons. The Labute approximate surface area is 146 Å². The van der Waals surface area contributed by atoms with Gasteiger partial charge in [-0.15, -0.1) is 0 Å². The maximum absolute atomic E-state index is 12.4. The predicted molar refractivity (Wildman–Crippen MR) is 97.7 cm³/mol. The number of amides is 1. The lowest BCUT2D eigenvalue weighted by Crippen LogP contribution is -2.49. The van der Waals surface area contributed by atoms with Gasteiger partial charge in [0.15, 0.2) is 0 Å². The van der Waals surface area contributed by atoms with Crippen molar-refractivity contribution in [2.24, 2.45) is 0 Å². The summed E-state index contributed by atoms with van der Waals surface area (Å²) in [5.74, 6) is 0.264. The summed E-state index contributed by atoms with van der Waals surface area (Å²) in [7, 11) is 0. The maximum Gasteiger partial charge on any atom is 0.223 e. The zero-order valence-electron chi connectivity index (χ0n) is 13.1. The van der Waals surface area contributed by atoms with E-state index in [4.69, 9.17) is 0 Å². The van der Waals surface area contributed by atoms with Crippen molar-refractivity contribution in [2.45, 2.75) is 12.8 Å². The lowest BCUT2D eigenvalue weighted by atomic mass is 10.1. The standard InChI is InChI=1S/C19H21BrN2O/c20-17-8-4-5-9-18(17)21-12-14-22(15-13-21)19(23)11-10-16-6-2-1-3-7-16/h1-9H,10-15H2. The van der Waals surface area contributed by atoms with E-state index in [1.807, 2.05) is 29.2 Å². The number of carbonyl (C=O) groups excluding carboxylic acids is 1. The third kappa shape index (κ3) is 4.14. The van der Waals surface area contributed by atoms with Crippen LogP contribution in [0.5, 0.6) is 0 Å². The minimum absolute atomic E-state index is 0.264. The summed E-state index contributed by atoms with van der Waals surface area (Å²) in [5, 5.41) is 0. The molecule has 1 aliphatic heterocycles. The van der Waals surface area contributed by atoms with Crippen LogP contribution in [0.4, 0.5) is 5.69 Å². The molecule has 0 atom stereocenters. The van der Waals surface area contributed by atoms with Gasteiger partial charge < -0.3 is 9.80 Å². The van der Waals surface area contributed by atoms with Crippen molar-refractivity contribution < 1.29 is 4.79 Å². The fraction of sp³-hybridized carbons (Fsp3) is 0.316. The number of anilines is 1. The first-order chi connectivity index (χ1) is 11.2. The molecule has 1 aliphatic rings. The summed E-state index contributed by atoms with van der Waals surface area (Å²) < 4.78 is 1.11. The molecular weight excluding hydrogens is 352 g/mol. The molecule has 0 unspecified atom stereocenters. The van der Waals surface area contributed by atoms with Gasteiger partial charge in [-0.2, -0.15) is 0 Å². The molecule has 3 rings (SSSR count). The second kappa shape index (κ2) is 7.64. The summed E-state index contributed by atoms with van der Waals surface area (Å²) in [6, 6.07) is 18.5. The minimum Gasteiger partial charge on any atom is -0.367 e. The zero-order chi connectivity index (χ0) is 16.1. The Balaban J connectivity index is 1.50. The molecule has 2 aromatic carbocycles. The average Bonchev–Trinajstić information content (AvgIpc) is 2.61. The van der Waals surface area contributed by atoms with Gasteiger partial charge in [0.2, 0.25) is 5.91 Å². The first-order valence-electron chi connectivity index (χ1n) is 8.05. The first-order valence-corrected chi connectivity index (χ1v) is 8.84. The second-order valence-electron chi connectivity index (χ2n) is 5.80. The summed E-state index contributed by atoms with van der Waals surface area (Å²) in [4.78, 5) is 16.7. The van der Waals surface area contributed by atoms with Gasteiger partial charge in [-0.1, -0.05) is 42.5 Å². The van der Waals surface area contributed by atoms with Gasteiger partial charge >= 0.3 is 0 Å². The average molecular weight is 373 g/mol. The Hall–Kier alpha value is -1.81. The minimum atomic E-state index is 0.264. The van der Waals surface area contributed by atoms with E-state index < -0.39 is 0 Å². The molecule has 0 aliphatic carbocycles. The van der Waals surface area contributed by atoms with Crippen LogP contribution in [0.15, 0.2) is 59.1 Å². The van der Waals surface area contributed by atoms with Crippen LogP contribution in [0, 0.1) is 0 Å². The molecule has 23 heavy (non-hydrogen) atoms. The molecule has 3 nitrogen and oxygen atoms in total. The van der Waals surface area contributed by atoms with Crippen LogP contribution in [0.2, 0.25) is 0 Å². The fourth-order valence-electron chi connectivity index (χ4n) is 2.96. The summed E-state index contributed by atoms with van der Waals surface area (Å²) in [6.07, 6.45) is 1.42. The molecule has 0 spiro atoms. The lowest BCUT2D eigenvalue weighted by molar-refractivity contribution is -0.131. The normalized spacial score (nSPS) is 14.8. The third-order valence-corrected chi connectivity index (χ3v) is 4.97. The van der Waals surface area contributed by atoms with Crippen molar-refractivity contribution >= 4 is 27.5 Å². The van der Waals surface area contributed by atoms with E-state index in [-0.39, 0.29) is 5.91 Å². The fourth-order valence-corrected chi connectivity index (χ4v) is 3.49. The molecular formula is C19H21BrN2O. The Bertz CT molecular complexity index is 651. The Morgan fingerprint density at radius 2 is 1.57 bits per heavy atom. The van der Waals surface area contributed by atoms with E-state index in [2.05, 4.69) is 51.2 Å². The van der Waals surface area contributed by atoms with Crippen LogP contribution in [0.1, 0.15) is 12.0 Å². The highest BCUT2D eigenvalue weighted by Gasteiger charge is 2.21. The van der Waals surface area contributed by atoms with Crippen molar-refractivity contribution in [1.29, 1.82) is 0 Å². The number of para-hydroxylation sites is 1. The number of piperazine rings is 1. The van der Waals surface area contributed by atoms with Crippen LogP contribution in [-0.2, 0) is 11.2 Å². The van der Waals surface area contributed by atoms with Crippen molar-refractivity contribution in [3.63, 3.8) is 0 Å². The van der Waals surface area contributed by atoms with E-state index in [1.165, 1.54) is 11.3 Å². The first kappa shape index (κ1) is 16.1. The number of carbonyl (C=O) groups is 1. The summed E-state index contributed by atoms with van der Waals surface area (Å²) in [6.45, 7) is 3.38. The van der Waals surface area contributed by atoms with Gasteiger partial charge in [0.1, 0.15) is 0 Å². The number of halogens is 1. The molecule has 2 aromatic rings. The number of hydrogen-bond acceptors (Lipinski definition) is 2. The Kier molecular flexibility index (Phi) is 5.34. The predicted octanol–water partition coefficient (Wildman–Crippen LogP) is 3.73. The molecule has 1 saturated heterocycles. The molecule has 1 heterocycles. The van der Waals surface area contributed by atoms with Crippen molar-refractivity contribution in [1.82, 2.24) is 4.90 Å². The van der Waals surface area contributed by atoms with E-state index >= 15 is 0 Å². The van der Waals surface area contributed by atoms with Crippen LogP contribution in [0.25, 0.3) is 0 Å². The van der Waals surface area contributed by atoms with Gasteiger partial charge in [-0.25, -0.2) is 0 Å². The van der Waals surface area contributed by atoms with E-state index in [9.17, 15) is 4.79 Å². The van der Waals surface area contributed by atoms with E-state index in [0.717, 1.165) is 37.1 Å². The van der Waals surface area contributed by atoms with Crippen LogP contribution in [0.3, 0.4) is 0 Å². The molecule has 0 saturated carbocycles. The highest BCUT2D eigenvalue weighted by atomic mass is 79.9. The maximum atomic E-state index is 12.4. The van der Waals surface area contributed by atoms with E-state index in [0.29, 0.717) is 6.42 Å². The Morgan fingerprint density at radius 3 is 2.26 bits per heavy atom. The smallest absolute Gasteiger partial charge is 0.223 e. The SMILES string of the molecule is O=C(CCc1ccccc1)N1CCN(c2ccccc2Br)CC1. The van der Waals surface area contributed by atoms with Gasteiger partial charge in [0.05, 0.1) is 5.69 Å². The van der Waals surface area contributed by atoms with Gasteiger partial charge in [-0.05, 0) is 40.0 Å². The van der Waals surface area contributed by atoms with Gasteiger partial charge in [-0.3, -0.25) is 4.79 Å². The molecule has 0 aromatic heterocycles. The molecule has 1 amide bonds. The number of nitrogens with zero attached hydrogens (tertiary/aromatic N) is 2. The van der Waals surface area contributed by atoms with Gasteiger partial charge in [0.25, 0.3) is 0 Å². The van der Waals surface area contributed by atoms with Crippen molar-refractivity contribution in [3.8, 4) is 0 Å². The highest BCUT2D eigenvalue weighted by molar-refractivity contribution is 9.10. The third-order valence-electron chi connectivity index (χ3n) is 4.30. The monoisotopic (exact) mass is 372 g/mol.